The van der Waals surface area contributed by atoms with Gasteiger partial charge in [-0.1, -0.05) is 0 Å². The third-order valence-electron chi connectivity index (χ3n) is 1.93. The van der Waals surface area contributed by atoms with E-state index >= 15 is 0 Å². The van der Waals surface area contributed by atoms with Crippen LogP contribution in [0.1, 0.15) is 6.42 Å². The van der Waals surface area contributed by atoms with E-state index in [1.165, 1.54) is 0 Å². The Labute approximate surface area is 64.4 Å². The topological polar surface area (TPSA) is 76.7 Å². The molecule has 1 N–H and O–H groups in total. The summed E-state index contributed by atoms with van der Waals surface area (Å²) in [7, 11) is 0. The van der Waals surface area contributed by atoms with Crippen molar-refractivity contribution >= 4 is 6.29 Å². The molecule has 1 aliphatic rings. The molecule has 0 aromatic rings. The third kappa shape index (κ3) is 0.978. The van der Waals surface area contributed by atoms with E-state index in [4.69, 9.17) is 10.5 Å². The average molecular weight is 149 g/mol. The lowest BCUT2D eigenvalue weighted by molar-refractivity contribution is -0.111. The molecule has 0 saturated carbocycles. The summed E-state index contributed by atoms with van der Waals surface area (Å²) in [5, 5.41) is 19.9. The first kappa shape index (κ1) is 7.71. The van der Waals surface area contributed by atoms with Crippen molar-refractivity contribution in [2.75, 3.05) is 6.54 Å². The molecular weight excluding hydrogens is 142 g/mol. The van der Waals surface area contributed by atoms with Gasteiger partial charge >= 0.3 is 0 Å². The minimum atomic E-state index is -1.24. The van der Waals surface area contributed by atoms with Gasteiger partial charge in [0.05, 0.1) is 18.1 Å². The molecule has 1 saturated heterocycles. The number of nitrogens with zero attached hydrogens (tertiary/aromatic N) is 2. The van der Waals surface area contributed by atoms with Crippen LogP contribution in [0.25, 0.3) is 0 Å². The maximum atomic E-state index is 10.5. The number of carbonyl (C=O) groups is 1. The molecule has 4 heteroatoms. The Balaban J connectivity index is 2.93. The highest BCUT2D eigenvalue weighted by atomic mass is 16.1. The summed E-state index contributed by atoms with van der Waals surface area (Å²) in [4.78, 5) is 10.5. The van der Waals surface area contributed by atoms with Crippen molar-refractivity contribution in [1.82, 2.24) is 5.32 Å². The molecule has 0 aliphatic carbocycles. The normalized spacial score (nSPS) is 35.6. The Bertz CT molecular complexity index is 249. The van der Waals surface area contributed by atoms with Crippen LogP contribution in [0.4, 0.5) is 0 Å². The van der Waals surface area contributed by atoms with Gasteiger partial charge in [0, 0.05) is 0 Å². The molecule has 0 aromatic heterocycles. The number of nitriles is 2. The molecule has 1 rings (SSSR count). The number of nitrogens with one attached hydrogen (secondary N) is 1. The summed E-state index contributed by atoms with van der Waals surface area (Å²) < 4.78 is 0. The SMILES string of the molecule is N#CC1CCNC1(C#N)C=O. The van der Waals surface area contributed by atoms with Gasteiger partial charge in [0.15, 0.2) is 11.8 Å². The lowest BCUT2D eigenvalue weighted by Crippen LogP contribution is -2.44. The average Bonchev–Trinajstić information content (AvgIpc) is 2.47. The summed E-state index contributed by atoms with van der Waals surface area (Å²) in [5.74, 6) is -0.495. The highest BCUT2D eigenvalue weighted by Crippen LogP contribution is 2.23. The fraction of sp³-hybridized carbons (Fsp3) is 0.571. The summed E-state index contributed by atoms with van der Waals surface area (Å²) in [6.45, 7) is 0.560. The third-order valence-corrected chi connectivity index (χ3v) is 1.93. The zero-order valence-electron chi connectivity index (χ0n) is 5.87. The first-order valence-electron chi connectivity index (χ1n) is 3.31. The van der Waals surface area contributed by atoms with Gasteiger partial charge in [-0.15, -0.1) is 0 Å². The molecule has 2 atom stereocenters. The molecule has 2 unspecified atom stereocenters. The van der Waals surface area contributed by atoms with Crippen molar-refractivity contribution in [3.05, 3.63) is 0 Å². The predicted molar refractivity (Wildman–Crippen MR) is 36.1 cm³/mol. The first-order chi connectivity index (χ1) is 5.29. The van der Waals surface area contributed by atoms with E-state index in [-0.39, 0.29) is 0 Å². The van der Waals surface area contributed by atoms with Crippen LogP contribution in [0.2, 0.25) is 0 Å². The lowest BCUT2D eigenvalue weighted by Gasteiger charge is -2.15. The minimum Gasteiger partial charge on any atom is -0.300 e. The molecule has 0 spiro atoms. The number of hydrogen-bond acceptors (Lipinski definition) is 4. The second-order valence-corrected chi connectivity index (χ2v) is 2.50. The van der Waals surface area contributed by atoms with Gasteiger partial charge in [-0.05, 0) is 13.0 Å². The molecule has 1 fully saturated rings. The van der Waals surface area contributed by atoms with Gasteiger partial charge in [-0.2, -0.15) is 10.5 Å². The molecular formula is C7H7N3O. The molecule has 0 radical (unpaired) electrons. The van der Waals surface area contributed by atoms with Crippen LogP contribution in [0.5, 0.6) is 0 Å². The number of aldehydes is 1. The Morgan fingerprint density at radius 2 is 2.36 bits per heavy atom. The van der Waals surface area contributed by atoms with Crippen LogP contribution in [0, 0.1) is 28.6 Å². The second-order valence-electron chi connectivity index (χ2n) is 2.50. The Hall–Kier alpha value is -1.39. The van der Waals surface area contributed by atoms with Crippen LogP contribution >= 0.6 is 0 Å². The molecule has 56 valence electrons. The van der Waals surface area contributed by atoms with Gasteiger partial charge in [-0.3, -0.25) is 5.32 Å². The van der Waals surface area contributed by atoms with Crippen LogP contribution < -0.4 is 5.32 Å². The summed E-state index contributed by atoms with van der Waals surface area (Å²) in [6.07, 6.45) is 1.09. The second kappa shape index (κ2) is 2.69. The van der Waals surface area contributed by atoms with Crippen LogP contribution in [-0.4, -0.2) is 18.4 Å². The molecule has 0 aromatic carbocycles. The summed E-state index contributed by atoms with van der Waals surface area (Å²) >= 11 is 0. The summed E-state index contributed by atoms with van der Waals surface area (Å²) in [6, 6.07) is 3.77. The fourth-order valence-corrected chi connectivity index (χ4v) is 1.21. The number of carbonyl (C=O) groups excluding carboxylic acids is 1. The predicted octanol–water partition coefficient (Wildman–Crippen LogP) is -0.419. The monoisotopic (exact) mass is 149 g/mol. The van der Waals surface area contributed by atoms with Crippen molar-refractivity contribution in [3.63, 3.8) is 0 Å². The van der Waals surface area contributed by atoms with Crippen LogP contribution in [-0.2, 0) is 4.79 Å². The van der Waals surface area contributed by atoms with E-state index < -0.39 is 11.5 Å². The summed E-state index contributed by atoms with van der Waals surface area (Å²) in [5.41, 5.74) is -1.24. The molecule has 0 amide bonds. The van der Waals surface area contributed by atoms with Gasteiger partial charge in [-0.25, -0.2) is 0 Å². The standard InChI is InChI=1S/C7H7N3O/c8-3-6-1-2-10-7(6,4-9)5-11/h5-6,10H,1-2H2. The molecule has 11 heavy (non-hydrogen) atoms. The zero-order valence-corrected chi connectivity index (χ0v) is 5.87. The quantitative estimate of drug-likeness (QED) is 0.514. The van der Waals surface area contributed by atoms with Crippen LogP contribution in [0.15, 0.2) is 0 Å². The van der Waals surface area contributed by atoms with Gasteiger partial charge in [0.1, 0.15) is 0 Å². The molecule has 1 aliphatic heterocycles. The van der Waals surface area contributed by atoms with Crippen molar-refractivity contribution in [2.24, 2.45) is 5.92 Å². The van der Waals surface area contributed by atoms with Crippen molar-refractivity contribution in [1.29, 1.82) is 10.5 Å². The molecule has 4 nitrogen and oxygen atoms in total. The maximum absolute atomic E-state index is 10.5. The highest BCUT2D eigenvalue weighted by Gasteiger charge is 2.43. The molecule has 1 heterocycles. The number of rotatable bonds is 1. The van der Waals surface area contributed by atoms with Gasteiger partial charge in [0.25, 0.3) is 0 Å². The smallest absolute Gasteiger partial charge is 0.178 e. The van der Waals surface area contributed by atoms with Crippen LogP contribution in [0.3, 0.4) is 0 Å². The lowest BCUT2D eigenvalue weighted by atomic mass is 9.90. The van der Waals surface area contributed by atoms with E-state index in [0.717, 1.165) is 0 Å². The van der Waals surface area contributed by atoms with E-state index in [0.29, 0.717) is 19.3 Å². The van der Waals surface area contributed by atoms with Crippen molar-refractivity contribution in [2.45, 2.75) is 12.0 Å². The van der Waals surface area contributed by atoms with E-state index in [2.05, 4.69) is 5.32 Å². The number of hydrogen-bond donors (Lipinski definition) is 1. The first-order valence-corrected chi connectivity index (χ1v) is 3.31. The Morgan fingerprint density at radius 3 is 2.73 bits per heavy atom. The van der Waals surface area contributed by atoms with Gasteiger partial charge < -0.3 is 4.79 Å². The van der Waals surface area contributed by atoms with E-state index in [1.807, 2.05) is 12.1 Å². The Morgan fingerprint density at radius 1 is 1.64 bits per heavy atom. The zero-order chi connectivity index (χ0) is 8.32. The van der Waals surface area contributed by atoms with Gasteiger partial charge in [0.2, 0.25) is 0 Å². The minimum absolute atomic E-state index is 0.495. The van der Waals surface area contributed by atoms with E-state index in [1.54, 1.807) is 0 Å². The highest BCUT2D eigenvalue weighted by molar-refractivity contribution is 5.71. The Kier molecular flexibility index (Phi) is 1.89. The van der Waals surface area contributed by atoms with Crippen molar-refractivity contribution in [3.8, 4) is 12.1 Å². The molecule has 0 bridgehead atoms. The fourth-order valence-electron chi connectivity index (χ4n) is 1.21. The largest absolute Gasteiger partial charge is 0.300 e. The van der Waals surface area contributed by atoms with Crippen molar-refractivity contribution < 1.29 is 4.79 Å². The van der Waals surface area contributed by atoms with E-state index in [9.17, 15) is 4.79 Å². The maximum Gasteiger partial charge on any atom is 0.178 e.